The molecule has 112 valence electrons. The predicted molar refractivity (Wildman–Crippen MR) is 84.7 cm³/mol. The Morgan fingerprint density at radius 2 is 2.00 bits per heavy atom. The lowest BCUT2D eigenvalue weighted by molar-refractivity contribution is 0.0844. The van der Waals surface area contributed by atoms with E-state index < -0.39 is 0 Å². The fourth-order valence-electron chi connectivity index (χ4n) is 3.33. The highest BCUT2D eigenvalue weighted by molar-refractivity contribution is 5.98. The third kappa shape index (κ3) is 3.18. The molecule has 2 aromatic rings. The summed E-state index contributed by atoms with van der Waals surface area (Å²) >= 11 is 0. The fraction of sp³-hybridized carbons (Fsp3) is 0.500. The van der Waals surface area contributed by atoms with Crippen molar-refractivity contribution in [2.45, 2.75) is 45.1 Å². The van der Waals surface area contributed by atoms with Crippen molar-refractivity contribution in [1.29, 1.82) is 0 Å². The Morgan fingerprint density at radius 1 is 1.24 bits per heavy atom. The number of rotatable bonds is 5. The summed E-state index contributed by atoms with van der Waals surface area (Å²) in [6, 6.07) is 10.2. The molecular weight excluding hydrogens is 262 g/mol. The number of hydrogen-bond donors (Lipinski definition) is 0. The van der Waals surface area contributed by atoms with Crippen LogP contribution in [0, 0.1) is 0 Å². The Morgan fingerprint density at radius 3 is 2.71 bits per heavy atom. The molecule has 0 spiro atoms. The minimum Gasteiger partial charge on any atom is -0.453 e. The number of fused-ring (bicyclic) bond motifs is 1. The van der Waals surface area contributed by atoms with Crippen LogP contribution in [0.3, 0.4) is 0 Å². The molecule has 3 rings (SSSR count). The molecule has 1 fully saturated rings. The second kappa shape index (κ2) is 6.44. The van der Waals surface area contributed by atoms with Gasteiger partial charge in [0.05, 0.1) is 6.54 Å². The maximum Gasteiger partial charge on any atom is 0.211 e. The highest BCUT2D eigenvalue weighted by Gasteiger charge is 2.23. The zero-order valence-electron chi connectivity index (χ0n) is 12.7. The first kappa shape index (κ1) is 14.3. The van der Waals surface area contributed by atoms with E-state index in [9.17, 15) is 4.79 Å². The topological polar surface area (TPSA) is 33.5 Å². The van der Waals surface area contributed by atoms with E-state index in [4.69, 9.17) is 4.42 Å². The predicted octanol–water partition coefficient (Wildman–Crippen LogP) is 4.27. The summed E-state index contributed by atoms with van der Waals surface area (Å²) < 4.78 is 5.69. The molecule has 1 aliphatic carbocycles. The van der Waals surface area contributed by atoms with E-state index in [0.29, 0.717) is 18.3 Å². The van der Waals surface area contributed by atoms with Gasteiger partial charge in [-0.2, -0.15) is 0 Å². The van der Waals surface area contributed by atoms with Gasteiger partial charge < -0.3 is 4.42 Å². The molecule has 0 amide bonds. The quantitative estimate of drug-likeness (QED) is 0.769. The van der Waals surface area contributed by atoms with Crippen LogP contribution in [0.4, 0.5) is 0 Å². The number of furan rings is 1. The molecule has 1 aliphatic rings. The molecule has 1 aromatic heterocycles. The third-order valence-corrected chi connectivity index (χ3v) is 4.54. The van der Waals surface area contributed by atoms with Crippen molar-refractivity contribution in [3.8, 4) is 0 Å². The van der Waals surface area contributed by atoms with E-state index in [1.54, 1.807) is 0 Å². The van der Waals surface area contributed by atoms with E-state index >= 15 is 0 Å². The van der Waals surface area contributed by atoms with E-state index in [2.05, 4.69) is 11.8 Å². The SMILES string of the molecule is CCN(CC(=O)c1cc2ccccc2o1)C1CCCCC1. The Bertz CT molecular complexity index is 577. The van der Waals surface area contributed by atoms with E-state index in [1.165, 1.54) is 32.1 Å². The van der Waals surface area contributed by atoms with Crippen molar-refractivity contribution in [1.82, 2.24) is 4.90 Å². The van der Waals surface area contributed by atoms with Gasteiger partial charge in [0.2, 0.25) is 5.78 Å². The number of carbonyl (C=O) groups is 1. The first-order valence-electron chi connectivity index (χ1n) is 8.03. The van der Waals surface area contributed by atoms with Crippen LogP contribution in [0.1, 0.15) is 49.6 Å². The van der Waals surface area contributed by atoms with Gasteiger partial charge in [-0.15, -0.1) is 0 Å². The molecule has 1 heterocycles. The molecule has 3 nitrogen and oxygen atoms in total. The maximum atomic E-state index is 12.5. The molecular formula is C18H23NO2. The molecule has 0 unspecified atom stereocenters. The van der Waals surface area contributed by atoms with Crippen LogP contribution in [-0.2, 0) is 0 Å². The van der Waals surface area contributed by atoms with Gasteiger partial charge in [-0.1, -0.05) is 44.4 Å². The first-order valence-corrected chi connectivity index (χ1v) is 8.03. The van der Waals surface area contributed by atoms with Gasteiger partial charge in [-0.3, -0.25) is 9.69 Å². The number of Topliss-reactive ketones (excluding diaryl/α,β-unsaturated/α-hetero) is 1. The fourth-order valence-corrected chi connectivity index (χ4v) is 3.33. The molecule has 1 aromatic carbocycles. The molecule has 3 heteroatoms. The third-order valence-electron chi connectivity index (χ3n) is 4.54. The lowest BCUT2D eigenvalue weighted by atomic mass is 9.94. The number of para-hydroxylation sites is 1. The van der Waals surface area contributed by atoms with E-state index in [0.717, 1.165) is 17.5 Å². The Kier molecular flexibility index (Phi) is 4.39. The number of nitrogens with zero attached hydrogens (tertiary/aromatic N) is 1. The summed E-state index contributed by atoms with van der Waals surface area (Å²) in [5.74, 6) is 0.587. The summed E-state index contributed by atoms with van der Waals surface area (Å²) in [5, 5.41) is 1.00. The lowest BCUT2D eigenvalue weighted by Gasteiger charge is -2.32. The standard InChI is InChI=1S/C18H23NO2/c1-2-19(15-9-4-3-5-10-15)13-16(20)18-12-14-8-6-7-11-17(14)21-18/h6-8,11-12,15H,2-5,9-10,13H2,1H3. The van der Waals surface area contributed by atoms with Gasteiger partial charge in [0, 0.05) is 11.4 Å². The largest absolute Gasteiger partial charge is 0.453 e. The smallest absolute Gasteiger partial charge is 0.211 e. The second-order valence-corrected chi connectivity index (χ2v) is 5.93. The molecule has 1 saturated carbocycles. The zero-order valence-corrected chi connectivity index (χ0v) is 12.7. The normalized spacial score (nSPS) is 16.7. The molecule has 0 atom stereocenters. The minimum atomic E-state index is 0.0959. The number of ketones is 1. The van der Waals surface area contributed by atoms with Gasteiger partial charge in [0.15, 0.2) is 5.76 Å². The maximum absolute atomic E-state index is 12.5. The number of benzene rings is 1. The van der Waals surface area contributed by atoms with Crippen LogP contribution in [0.15, 0.2) is 34.7 Å². The molecule has 0 saturated heterocycles. The van der Waals surface area contributed by atoms with Crippen molar-refractivity contribution in [3.05, 3.63) is 36.1 Å². The molecule has 21 heavy (non-hydrogen) atoms. The Balaban J connectivity index is 1.71. The minimum absolute atomic E-state index is 0.0959. The van der Waals surface area contributed by atoms with Crippen molar-refractivity contribution < 1.29 is 9.21 Å². The van der Waals surface area contributed by atoms with Gasteiger partial charge in [-0.25, -0.2) is 0 Å². The van der Waals surface area contributed by atoms with Crippen molar-refractivity contribution in [2.75, 3.05) is 13.1 Å². The summed E-state index contributed by atoms with van der Waals surface area (Å²) in [4.78, 5) is 14.8. The van der Waals surface area contributed by atoms with Gasteiger partial charge in [0.25, 0.3) is 0 Å². The van der Waals surface area contributed by atoms with Crippen LogP contribution < -0.4 is 0 Å². The summed E-state index contributed by atoms with van der Waals surface area (Å²) in [5.41, 5.74) is 0.793. The van der Waals surface area contributed by atoms with E-state index in [-0.39, 0.29) is 5.78 Å². The average Bonchev–Trinajstić information content (AvgIpc) is 2.97. The molecule has 0 bridgehead atoms. The summed E-state index contributed by atoms with van der Waals surface area (Å²) in [6.45, 7) is 3.54. The van der Waals surface area contributed by atoms with Crippen molar-refractivity contribution in [2.24, 2.45) is 0 Å². The highest BCUT2D eigenvalue weighted by Crippen LogP contribution is 2.24. The van der Waals surface area contributed by atoms with Crippen LogP contribution in [0.25, 0.3) is 11.0 Å². The number of hydrogen-bond acceptors (Lipinski definition) is 3. The summed E-state index contributed by atoms with van der Waals surface area (Å²) in [6.07, 6.45) is 6.37. The van der Waals surface area contributed by atoms with Gasteiger partial charge in [0.1, 0.15) is 5.58 Å². The van der Waals surface area contributed by atoms with Crippen molar-refractivity contribution >= 4 is 16.8 Å². The lowest BCUT2D eigenvalue weighted by Crippen LogP contribution is -2.40. The molecule has 0 aliphatic heterocycles. The average molecular weight is 285 g/mol. The van der Waals surface area contributed by atoms with Crippen LogP contribution in [0.5, 0.6) is 0 Å². The van der Waals surface area contributed by atoms with Crippen molar-refractivity contribution in [3.63, 3.8) is 0 Å². The van der Waals surface area contributed by atoms with Crippen LogP contribution in [-0.4, -0.2) is 29.8 Å². The first-order chi connectivity index (χ1) is 10.3. The summed E-state index contributed by atoms with van der Waals surface area (Å²) in [7, 11) is 0. The van der Waals surface area contributed by atoms with Crippen LogP contribution >= 0.6 is 0 Å². The number of likely N-dealkylation sites (N-methyl/N-ethyl adjacent to an activating group) is 1. The van der Waals surface area contributed by atoms with E-state index in [1.807, 2.05) is 30.3 Å². The Hall–Kier alpha value is -1.61. The highest BCUT2D eigenvalue weighted by atomic mass is 16.3. The molecule has 0 radical (unpaired) electrons. The number of carbonyl (C=O) groups excluding carboxylic acids is 1. The van der Waals surface area contributed by atoms with Crippen LogP contribution in [0.2, 0.25) is 0 Å². The Labute approximate surface area is 125 Å². The second-order valence-electron chi connectivity index (χ2n) is 5.93. The monoisotopic (exact) mass is 285 g/mol. The zero-order chi connectivity index (χ0) is 14.7. The van der Waals surface area contributed by atoms with Gasteiger partial charge in [-0.05, 0) is 31.5 Å². The van der Waals surface area contributed by atoms with Gasteiger partial charge >= 0.3 is 0 Å². The molecule has 0 N–H and O–H groups in total.